The molecule has 1 saturated carbocycles. The lowest BCUT2D eigenvalue weighted by atomic mass is 9.97. The number of carbonyl (C=O) groups is 4. The maximum Gasteiger partial charge on any atom is 0.408 e. The third kappa shape index (κ3) is 10.5. The summed E-state index contributed by atoms with van der Waals surface area (Å²) in [5.74, 6) is -1.43. The fourth-order valence-corrected chi connectivity index (χ4v) is 5.27. The molecule has 2 aromatic carbocycles. The van der Waals surface area contributed by atoms with Gasteiger partial charge in [-0.05, 0) is 90.0 Å². The van der Waals surface area contributed by atoms with Gasteiger partial charge in [0.1, 0.15) is 29.3 Å². The van der Waals surface area contributed by atoms with Crippen LogP contribution in [0.4, 0.5) is 4.79 Å². The minimum Gasteiger partial charge on any atom is -0.458 e. The first-order valence-corrected chi connectivity index (χ1v) is 16.1. The third-order valence-corrected chi connectivity index (χ3v) is 7.88. The van der Waals surface area contributed by atoms with Crippen LogP contribution in [0.25, 0.3) is 0 Å². The van der Waals surface area contributed by atoms with Gasteiger partial charge in [0, 0.05) is 18.2 Å². The van der Waals surface area contributed by atoms with Gasteiger partial charge in [0.25, 0.3) is 0 Å². The molecule has 2 aromatic rings. The van der Waals surface area contributed by atoms with Crippen LogP contribution in [0.3, 0.4) is 0 Å². The second-order valence-electron chi connectivity index (χ2n) is 13.9. The van der Waals surface area contributed by atoms with Crippen molar-refractivity contribution in [2.45, 2.75) is 111 Å². The van der Waals surface area contributed by atoms with Crippen LogP contribution in [0.1, 0.15) is 83.2 Å². The van der Waals surface area contributed by atoms with E-state index in [0.29, 0.717) is 12.0 Å². The van der Waals surface area contributed by atoms with Gasteiger partial charge < -0.3 is 25.0 Å². The highest BCUT2D eigenvalue weighted by atomic mass is 32.1. The van der Waals surface area contributed by atoms with E-state index in [4.69, 9.17) is 9.47 Å². The molecule has 1 aliphatic rings. The van der Waals surface area contributed by atoms with Crippen molar-refractivity contribution in [3.63, 3.8) is 0 Å². The number of hydrogen-bond donors (Lipinski definition) is 3. The molecule has 5 atom stereocenters. The van der Waals surface area contributed by atoms with E-state index >= 15 is 0 Å². The highest BCUT2D eigenvalue weighted by molar-refractivity contribution is 7.80. The van der Waals surface area contributed by atoms with Crippen LogP contribution < -0.4 is 10.6 Å². The molecule has 10 heteroatoms. The summed E-state index contributed by atoms with van der Waals surface area (Å²) in [6.07, 6.45) is 0.138. The number of esters is 1. The zero-order valence-corrected chi connectivity index (χ0v) is 28.9. The Kier molecular flexibility index (Phi) is 11.7. The topological polar surface area (TPSA) is 114 Å². The molecule has 9 nitrogen and oxygen atoms in total. The van der Waals surface area contributed by atoms with Crippen molar-refractivity contribution in [3.8, 4) is 0 Å². The van der Waals surface area contributed by atoms with Gasteiger partial charge >= 0.3 is 12.1 Å². The van der Waals surface area contributed by atoms with Crippen molar-refractivity contribution in [2.24, 2.45) is 5.92 Å². The first-order valence-electron chi connectivity index (χ1n) is 15.5. The largest absolute Gasteiger partial charge is 0.458 e. The fraction of sp³-hybridized carbons (Fsp3) is 0.543. The van der Waals surface area contributed by atoms with E-state index in [0.717, 1.165) is 16.7 Å². The fourth-order valence-electron chi connectivity index (χ4n) is 5.03. The van der Waals surface area contributed by atoms with E-state index in [9.17, 15) is 19.2 Å². The molecule has 0 aromatic heterocycles. The SMILES string of the molecule is Cc1ccc(C(C(=O)NC(Cc2ccccc2)C(=O)OC(C)(C)C)N(C(=O)C(CS)NC(=O)OC(C)(C)C)C2CC2C)cc1C. The van der Waals surface area contributed by atoms with Crippen LogP contribution in [0.5, 0.6) is 0 Å². The standard InChI is InChI=1S/C35H49N3O6S/c1-21-15-16-25(17-22(21)2)29(30(39)36-26(32(41)43-34(4,5)6)19-24-13-11-10-12-14-24)38(28-18-23(28)3)31(40)27(20-45)37-33(42)44-35(7,8)9/h10-17,23,26-29,45H,18-20H2,1-9H3,(H,36,39)(H,37,42). The Hall–Kier alpha value is -3.53. The molecule has 0 bridgehead atoms. The van der Waals surface area contributed by atoms with Gasteiger partial charge in [-0.25, -0.2) is 9.59 Å². The van der Waals surface area contributed by atoms with Crippen molar-refractivity contribution >= 4 is 36.5 Å². The summed E-state index contributed by atoms with van der Waals surface area (Å²) in [6, 6.07) is 11.6. The van der Waals surface area contributed by atoms with E-state index in [2.05, 4.69) is 23.3 Å². The van der Waals surface area contributed by atoms with E-state index in [1.165, 1.54) is 0 Å². The molecule has 246 valence electrons. The number of benzene rings is 2. The van der Waals surface area contributed by atoms with Gasteiger partial charge in [0.15, 0.2) is 0 Å². The second kappa shape index (κ2) is 14.7. The molecule has 45 heavy (non-hydrogen) atoms. The van der Waals surface area contributed by atoms with Crippen LogP contribution in [0.2, 0.25) is 0 Å². The smallest absolute Gasteiger partial charge is 0.408 e. The molecule has 0 aliphatic heterocycles. The van der Waals surface area contributed by atoms with Crippen molar-refractivity contribution in [1.82, 2.24) is 15.5 Å². The molecule has 2 N–H and O–H groups in total. The van der Waals surface area contributed by atoms with Crippen LogP contribution in [0, 0.1) is 19.8 Å². The number of rotatable bonds is 11. The summed E-state index contributed by atoms with van der Waals surface area (Å²) in [7, 11) is 0. The van der Waals surface area contributed by atoms with E-state index in [1.54, 1.807) is 46.4 Å². The molecular formula is C35H49N3O6S. The first kappa shape index (κ1) is 35.9. The molecule has 0 radical (unpaired) electrons. The highest BCUT2D eigenvalue weighted by Crippen LogP contribution is 2.41. The van der Waals surface area contributed by atoms with Gasteiger partial charge in [-0.1, -0.05) is 55.5 Å². The lowest BCUT2D eigenvalue weighted by molar-refractivity contribution is -0.159. The van der Waals surface area contributed by atoms with E-state index in [1.807, 2.05) is 69.3 Å². The van der Waals surface area contributed by atoms with Crippen LogP contribution in [-0.4, -0.2) is 63.9 Å². The minimum atomic E-state index is -1.09. The maximum absolute atomic E-state index is 14.5. The number of aryl methyl sites for hydroxylation is 2. The predicted molar refractivity (Wildman–Crippen MR) is 178 cm³/mol. The number of nitrogens with one attached hydrogen (secondary N) is 2. The Morgan fingerprint density at radius 3 is 2.00 bits per heavy atom. The average Bonchev–Trinajstić information content (AvgIpc) is 3.65. The Bertz CT molecular complexity index is 1370. The summed E-state index contributed by atoms with van der Waals surface area (Å²) >= 11 is 4.38. The van der Waals surface area contributed by atoms with Gasteiger partial charge in [-0.3, -0.25) is 9.59 Å². The zero-order chi connectivity index (χ0) is 33.7. The van der Waals surface area contributed by atoms with Gasteiger partial charge in [0.05, 0.1) is 0 Å². The summed E-state index contributed by atoms with van der Waals surface area (Å²) < 4.78 is 11.1. The number of amides is 3. The van der Waals surface area contributed by atoms with Crippen molar-refractivity contribution in [2.75, 3.05) is 5.75 Å². The summed E-state index contributed by atoms with van der Waals surface area (Å²) in [4.78, 5) is 56.5. The lowest BCUT2D eigenvalue weighted by Gasteiger charge is -2.35. The number of carbonyl (C=O) groups excluding carboxylic acids is 4. The van der Waals surface area contributed by atoms with Crippen molar-refractivity contribution in [1.29, 1.82) is 0 Å². The first-order chi connectivity index (χ1) is 20.9. The monoisotopic (exact) mass is 639 g/mol. The number of hydrogen-bond acceptors (Lipinski definition) is 7. The number of ether oxygens (including phenoxy) is 2. The minimum absolute atomic E-state index is 0.00845. The number of alkyl carbamates (subject to hydrolysis) is 1. The Morgan fingerprint density at radius 1 is 0.889 bits per heavy atom. The molecule has 0 saturated heterocycles. The molecule has 0 spiro atoms. The number of nitrogens with zero attached hydrogens (tertiary/aromatic N) is 1. The van der Waals surface area contributed by atoms with E-state index < -0.39 is 53.2 Å². The molecule has 5 unspecified atom stereocenters. The van der Waals surface area contributed by atoms with Gasteiger partial charge in [-0.15, -0.1) is 0 Å². The highest BCUT2D eigenvalue weighted by Gasteiger charge is 2.48. The quantitative estimate of drug-likeness (QED) is 0.222. The van der Waals surface area contributed by atoms with Crippen LogP contribution in [-0.2, 0) is 30.3 Å². The third-order valence-electron chi connectivity index (χ3n) is 7.51. The summed E-state index contributed by atoms with van der Waals surface area (Å²) in [6.45, 7) is 16.4. The average molecular weight is 640 g/mol. The van der Waals surface area contributed by atoms with Gasteiger partial charge in [0.2, 0.25) is 11.8 Å². The molecule has 1 aliphatic carbocycles. The Balaban J connectivity index is 2.05. The second-order valence-corrected chi connectivity index (χ2v) is 14.3. The summed E-state index contributed by atoms with van der Waals surface area (Å²) in [5, 5.41) is 5.59. The zero-order valence-electron chi connectivity index (χ0n) is 28.0. The van der Waals surface area contributed by atoms with Crippen LogP contribution in [0.15, 0.2) is 48.5 Å². The number of thiol groups is 1. The molecular weight excluding hydrogens is 590 g/mol. The predicted octanol–water partition coefficient (Wildman–Crippen LogP) is 5.47. The van der Waals surface area contributed by atoms with Crippen LogP contribution >= 0.6 is 12.6 Å². The van der Waals surface area contributed by atoms with Crippen molar-refractivity contribution < 1.29 is 28.7 Å². The lowest BCUT2D eigenvalue weighted by Crippen LogP contribution is -2.56. The van der Waals surface area contributed by atoms with Crippen molar-refractivity contribution in [3.05, 3.63) is 70.8 Å². The van der Waals surface area contributed by atoms with Gasteiger partial charge in [-0.2, -0.15) is 12.6 Å². The van der Waals surface area contributed by atoms with E-state index in [-0.39, 0.29) is 24.1 Å². The molecule has 0 heterocycles. The molecule has 3 rings (SSSR count). The normalized spacial score (nSPS) is 18.2. The Morgan fingerprint density at radius 2 is 1.49 bits per heavy atom. The molecule has 1 fully saturated rings. The summed E-state index contributed by atoms with van der Waals surface area (Å²) in [5.41, 5.74) is 1.88. The Labute approximate surface area is 273 Å². The maximum atomic E-state index is 14.5. The molecule has 3 amide bonds.